The Balaban J connectivity index is 2.08. The van der Waals surface area contributed by atoms with Gasteiger partial charge in [0.05, 0.1) is 0 Å². The second-order valence-corrected chi connectivity index (χ2v) is 5.75. The summed E-state index contributed by atoms with van der Waals surface area (Å²) in [5, 5.41) is 11.5. The van der Waals surface area contributed by atoms with Crippen LogP contribution in [-0.4, -0.2) is 30.1 Å². The van der Waals surface area contributed by atoms with Crippen molar-refractivity contribution >= 4 is 0 Å². The zero-order valence-corrected chi connectivity index (χ0v) is 11.9. The van der Waals surface area contributed by atoms with Crippen LogP contribution < -0.4 is 0 Å². The molecule has 1 fully saturated rings. The normalized spacial score (nSPS) is 20.2. The fraction of sp³-hybridized carbons (Fsp3) is 0.333. The van der Waals surface area contributed by atoms with Crippen molar-refractivity contribution in [1.29, 1.82) is 0 Å². The van der Waals surface area contributed by atoms with Gasteiger partial charge in [0.1, 0.15) is 5.60 Å². The van der Waals surface area contributed by atoms with Crippen molar-refractivity contribution in [2.24, 2.45) is 5.92 Å². The summed E-state index contributed by atoms with van der Waals surface area (Å²) in [5.74, 6) is 0.234. The Morgan fingerprint density at radius 2 is 1.45 bits per heavy atom. The molecule has 3 rings (SSSR count). The molecule has 2 nitrogen and oxygen atoms in total. The molecule has 0 bridgehead atoms. The first-order valence-electron chi connectivity index (χ1n) is 7.23. The molecule has 1 atom stereocenters. The summed E-state index contributed by atoms with van der Waals surface area (Å²) >= 11 is 0. The first-order chi connectivity index (χ1) is 9.71. The number of aliphatic hydroxyl groups is 1. The van der Waals surface area contributed by atoms with Crippen LogP contribution in [0.3, 0.4) is 0 Å². The molecule has 0 saturated carbocycles. The number of hydrogen-bond donors (Lipinski definition) is 1. The summed E-state index contributed by atoms with van der Waals surface area (Å²) in [6.45, 7) is 1.98. The highest BCUT2D eigenvalue weighted by atomic mass is 16.3. The van der Waals surface area contributed by atoms with Crippen molar-refractivity contribution < 1.29 is 5.11 Å². The van der Waals surface area contributed by atoms with Crippen LogP contribution in [0.5, 0.6) is 0 Å². The van der Waals surface area contributed by atoms with Gasteiger partial charge in [-0.1, -0.05) is 60.7 Å². The zero-order chi connectivity index (χ0) is 14.0. The van der Waals surface area contributed by atoms with E-state index in [1.807, 2.05) is 60.7 Å². The van der Waals surface area contributed by atoms with Crippen LogP contribution in [-0.2, 0) is 5.60 Å². The maximum Gasteiger partial charge on any atom is 0.119 e. The number of hydrogen-bond acceptors (Lipinski definition) is 2. The number of likely N-dealkylation sites (tertiary alicyclic amines) is 1. The predicted molar refractivity (Wildman–Crippen MR) is 81.5 cm³/mol. The molecule has 1 aliphatic heterocycles. The first-order valence-corrected chi connectivity index (χ1v) is 7.23. The van der Waals surface area contributed by atoms with E-state index < -0.39 is 5.60 Å². The van der Waals surface area contributed by atoms with Gasteiger partial charge in [0.25, 0.3) is 0 Å². The van der Waals surface area contributed by atoms with E-state index in [0.717, 1.165) is 30.6 Å². The summed E-state index contributed by atoms with van der Waals surface area (Å²) < 4.78 is 0. The van der Waals surface area contributed by atoms with Crippen LogP contribution in [0, 0.1) is 5.92 Å². The SMILES string of the molecule is CN1CC[C@H](C(O)(c2ccccc2)c2ccccc2)C1. The van der Waals surface area contributed by atoms with E-state index >= 15 is 0 Å². The van der Waals surface area contributed by atoms with E-state index in [2.05, 4.69) is 11.9 Å². The van der Waals surface area contributed by atoms with Gasteiger partial charge in [0.15, 0.2) is 0 Å². The van der Waals surface area contributed by atoms with Crippen molar-refractivity contribution in [2.45, 2.75) is 12.0 Å². The maximum absolute atomic E-state index is 11.5. The molecule has 2 aromatic rings. The average molecular weight is 267 g/mol. The van der Waals surface area contributed by atoms with E-state index in [-0.39, 0.29) is 5.92 Å². The molecule has 0 amide bonds. The third kappa shape index (κ3) is 2.26. The Bertz CT molecular complexity index is 513. The number of rotatable bonds is 3. The summed E-state index contributed by atoms with van der Waals surface area (Å²) in [7, 11) is 2.12. The Labute approximate surface area is 120 Å². The molecule has 1 saturated heterocycles. The standard InChI is InChI=1S/C18H21NO/c1-19-13-12-17(14-19)18(20,15-8-4-2-5-9-15)16-10-6-3-7-11-16/h2-11,17,20H,12-14H2,1H3/t17-/m0/s1. The van der Waals surface area contributed by atoms with Crippen LogP contribution >= 0.6 is 0 Å². The van der Waals surface area contributed by atoms with Crippen LogP contribution in [0.1, 0.15) is 17.5 Å². The topological polar surface area (TPSA) is 23.5 Å². The lowest BCUT2D eigenvalue weighted by molar-refractivity contribution is 0.0209. The van der Waals surface area contributed by atoms with Gasteiger partial charge in [-0.15, -0.1) is 0 Å². The monoisotopic (exact) mass is 267 g/mol. The van der Waals surface area contributed by atoms with E-state index in [4.69, 9.17) is 0 Å². The molecule has 1 heterocycles. The predicted octanol–water partition coefficient (Wildman–Crippen LogP) is 2.87. The fourth-order valence-electron chi connectivity index (χ4n) is 3.30. The van der Waals surface area contributed by atoms with Gasteiger partial charge in [0.2, 0.25) is 0 Å². The van der Waals surface area contributed by atoms with Crippen molar-refractivity contribution in [3.05, 3.63) is 71.8 Å². The summed E-state index contributed by atoms with van der Waals surface area (Å²) in [6, 6.07) is 20.1. The van der Waals surface area contributed by atoms with Gasteiger partial charge in [-0.25, -0.2) is 0 Å². The van der Waals surface area contributed by atoms with Gasteiger partial charge in [-0.3, -0.25) is 0 Å². The first kappa shape index (κ1) is 13.3. The van der Waals surface area contributed by atoms with Crippen molar-refractivity contribution in [1.82, 2.24) is 4.90 Å². The minimum atomic E-state index is -0.896. The number of nitrogens with zero attached hydrogens (tertiary/aromatic N) is 1. The molecule has 0 unspecified atom stereocenters. The Kier molecular flexibility index (Phi) is 3.60. The highest BCUT2D eigenvalue weighted by molar-refractivity contribution is 5.37. The van der Waals surface area contributed by atoms with Gasteiger partial charge in [0, 0.05) is 12.5 Å². The quantitative estimate of drug-likeness (QED) is 0.924. The van der Waals surface area contributed by atoms with Gasteiger partial charge >= 0.3 is 0 Å². The largest absolute Gasteiger partial charge is 0.380 e. The molecule has 2 heteroatoms. The molecule has 0 spiro atoms. The average Bonchev–Trinajstić information content (AvgIpc) is 2.95. The zero-order valence-electron chi connectivity index (χ0n) is 11.9. The fourth-order valence-corrected chi connectivity index (χ4v) is 3.30. The van der Waals surface area contributed by atoms with Gasteiger partial charge < -0.3 is 10.0 Å². The Hall–Kier alpha value is -1.64. The van der Waals surface area contributed by atoms with Crippen LogP contribution in [0.25, 0.3) is 0 Å². The van der Waals surface area contributed by atoms with E-state index in [9.17, 15) is 5.11 Å². The van der Waals surface area contributed by atoms with Crippen LogP contribution in [0.4, 0.5) is 0 Å². The lowest BCUT2D eigenvalue weighted by Crippen LogP contribution is -2.37. The van der Waals surface area contributed by atoms with E-state index in [1.54, 1.807) is 0 Å². The number of benzene rings is 2. The molecule has 20 heavy (non-hydrogen) atoms. The second kappa shape index (κ2) is 5.39. The minimum Gasteiger partial charge on any atom is -0.380 e. The molecule has 0 aliphatic carbocycles. The van der Waals surface area contributed by atoms with E-state index in [0.29, 0.717) is 0 Å². The lowest BCUT2D eigenvalue weighted by Gasteiger charge is -2.35. The highest BCUT2D eigenvalue weighted by Gasteiger charge is 2.42. The highest BCUT2D eigenvalue weighted by Crippen LogP contribution is 2.40. The molecule has 1 aliphatic rings. The van der Waals surface area contributed by atoms with Gasteiger partial charge in [-0.2, -0.15) is 0 Å². The van der Waals surface area contributed by atoms with Crippen molar-refractivity contribution in [2.75, 3.05) is 20.1 Å². The summed E-state index contributed by atoms with van der Waals surface area (Å²) in [5.41, 5.74) is 1.09. The molecular weight excluding hydrogens is 246 g/mol. The molecular formula is C18H21NO. The molecule has 0 aromatic heterocycles. The summed E-state index contributed by atoms with van der Waals surface area (Å²) in [6.07, 6.45) is 1.02. The summed E-state index contributed by atoms with van der Waals surface area (Å²) in [4.78, 5) is 2.29. The van der Waals surface area contributed by atoms with Crippen molar-refractivity contribution in [3.63, 3.8) is 0 Å². The van der Waals surface area contributed by atoms with Crippen LogP contribution in [0.15, 0.2) is 60.7 Å². The van der Waals surface area contributed by atoms with Crippen molar-refractivity contribution in [3.8, 4) is 0 Å². The smallest absolute Gasteiger partial charge is 0.119 e. The molecule has 2 aromatic carbocycles. The molecule has 104 valence electrons. The van der Waals surface area contributed by atoms with E-state index in [1.165, 1.54) is 0 Å². The molecule has 1 N–H and O–H groups in total. The van der Waals surface area contributed by atoms with Gasteiger partial charge in [-0.05, 0) is 31.1 Å². The Morgan fingerprint density at radius 1 is 0.950 bits per heavy atom. The maximum atomic E-state index is 11.5. The molecule has 0 radical (unpaired) electrons. The second-order valence-electron chi connectivity index (χ2n) is 5.75. The Morgan fingerprint density at radius 3 is 1.85 bits per heavy atom. The third-order valence-corrected chi connectivity index (χ3v) is 4.41. The third-order valence-electron chi connectivity index (χ3n) is 4.41. The van der Waals surface area contributed by atoms with Crippen LogP contribution in [0.2, 0.25) is 0 Å². The lowest BCUT2D eigenvalue weighted by atomic mass is 9.75. The minimum absolute atomic E-state index is 0.234.